The molecule has 0 aliphatic rings. The average molecular weight is 425 g/mol. The summed E-state index contributed by atoms with van der Waals surface area (Å²) in [7, 11) is -4.14. The molecule has 0 fully saturated rings. The van der Waals surface area contributed by atoms with E-state index in [4.69, 9.17) is 0 Å². The van der Waals surface area contributed by atoms with Crippen molar-refractivity contribution in [1.29, 1.82) is 0 Å². The number of nitro benzene ring substituents is 1. The Morgan fingerprint density at radius 3 is 2.30 bits per heavy atom. The first-order chi connectivity index (χ1) is 14.3. The highest BCUT2D eigenvalue weighted by Crippen LogP contribution is 2.27. The standard InChI is InChI=1S/C21H19N3O5S/c1-16-10-12-17(13-11-16)22-21(25)15-23(18-6-5-7-19(14-18)24(26)27)30(28,29)20-8-3-2-4-9-20/h2-14H,15H2,1H3,(H,22,25). The summed E-state index contributed by atoms with van der Waals surface area (Å²) in [6.07, 6.45) is 0. The Labute approximate surface area is 174 Å². The minimum absolute atomic E-state index is 0.0205. The summed E-state index contributed by atoms with van der Waals surface area (Å²) in [5.41, 5.74) is 1.27. The first kappa shape index (κ1) is 21.0. The molecular weight excluding hydrogens is 406 g/mol. The zero-order valence-electron chi connectivity index (χ0n) is 16.1. The Balaban J connectivity index is 1.97. The van der Waals surface area contributed by atoms with E-state index in [-0.39, 0.29) is 16.3 Å². The van der Waals surface area contributed by atoms with Crippen LogP contribution in [0.15, 0.2) is 83.8 Å². The maximum atomic E-state index is 13.2. The Bertz CT molecular complexity index is 1160. The van der Waals surface area contributed by atoms with Crippen molar-refractivity contribution in [3.05, 3.63) is 94.5 Å². The topological polar surface area (TPSA) is 110 Å². The summed E-state index contributed by atoms with van der Waals surface area (Å²) in [5.74, 6) is -0.579. The molecule has 0 saturated carbocycles. The van der Waals surface area contributed by atoms with E-state index in [1.165, 1.54) is 30.3 Å². The van der Waals surface area contributed by atoms with Crippen LogP contribution in [0, 0.1) is 17.0 Å². The summed E-state index contributed by atoms with van der Waals surface area (Å²) in [6.45, 7) is 1.36. The van der Waals surface area contributed by atoms with Crippen LogP contribution in [0.5, 0.6) is 0 Å². The second-order valence-corrected chi connectivity index (χ2v) is 8.38. The van der Waals surface area contributed by atoms with Crippen LogP contribution in [0.25, 0.3) is 0 Å². The predicted molar refractivity (Wildman–Crippen MR) is 114 cm³/mol. The third-order valence-corrected chi connectivity index (χ3v) is 6.07. The normalized spacial score (nSPS) is 11.0. The minimum atomic E-state index is -4.14. The molecule has 3 rings (SSSR count). The molecule has 1 amide bonds. The van der Waals surface area contributed by atoms with Gasteiger partial charge < -0.3 is 5.32 Å². The molecule has 0 unspecified atom stereocenters. The van der Waals surface area contributed by atoms with E-state index in [2.05, 4.69) is 5.32 Å². The molecule has 30 heavy (non-hydrogen) atoms. The van der Waals surface area contributed by atoms with Crippen LogP contribution in [0.3, 0.4) is 0 Å². The Hall–Kier alpha value is -3.72. The number of nitro groups is 1. The Morgan fingerprint density at radius 1 is 1.00 bits per heavy atom. The van der Waals surface area contributed by atoms with Crippen molar-refractivity contribution >= 4 is 33.0 Å². The van der Waals surface area contributed by atoms with E-state index < -0.39 is 27.4 Å². The fraction of sp³-hybridized carbons (Fsp3) is 0.0952. The maximum Gasteiger partial charge on any atom is 0.271 e. The summed E-state index contributed by atoms with van der Waals surface area (Å²) < 4.78 is 27.3. The number of carbonyl (C=O) groups excluding carboxylic acids is 1. The van der Waals surface area contributed by atoms with E-state index in [9.17, 15) is 23.3 Å². The van der Waals surface area contributed by atoms with Gasteiger partial charge >= 0.3 is 0 Å². The van der Waals surface area contributed by atoms with Gasteiger partial charge in [0.15, 0.2) is 0 Å². The Morgan fingerprint density at radius 2 is 1.67 bits per heavy atom. The lowest BCUT2D eigenvalue weighted by molar-refractivity contribution is -0.384. The molecule has 0 radical (unpaired) electrons. The molecule has 3 aromatic carbocycles. The number of sulfonamides is 1. The SMILES string of the molecule is Cc1ccc(NC(=O)CN(c2cccc([N+](=O)[O-])c2)S(=O)(=O)c2ccccc2)cc1. The number of nitrogens with zero attached hydrogens (tertiary/aromatic N) is 2. The van der Waals surface area contributed by atoms with Gasteiger partial charge in [-0.1, -0.05) is 42.0 Å². The van der Waals surface area contributed by atoms with Gasteiger partial charge in [-0.05, 0) is 37.3 Å². The lowest BCUT2D eigenvalue weighted by atomic mass is 10.2. The number of non-ortho nitro benzene ring substituents is 1. The molecular formula is C21H19N3O5S. The fourth-order valence-electron chi connectivity index (χ4n) is 2.76. The second-order valence-electron chi connectivity index (χ2n) is 6.52. The van der Waals surface area contributed by atoms with E-state index in [0.29, 0.717) is 5.69 Å². The third-order valence-electron chi connectivity index (χ3n) is 4.28. The first-order valence-electron chi connectivity index (χ1n) is 8.96. The number of aryl methyl sites for hydroxylation is 1. The molecule has 0 aliphatic heterocycles. The zero-order chi connectivity index (χ0) is 21.7. The van der Waals surface area contributed by atoms with E-state index in [0.717, 1.165) is 15.9 Å². The fourth-order valence-corrected chi connectivity index (χ4v) is 4.20. The van der Waals surface area contributed by atoms with Crippen molar-refractivity contribution in [3.63, 3.8) is 0 Å². The van der Waals surface area contributed by atoms with Crippen molar-refractivity contribution in [3.8, 4) is 0 Å². The number of nitrogens with one attached hydrogen (secondary N) is 1. The van der Waals surface area contributed by atoms with Crippen molar-refractivity contribution < 1.29 is 18.1 Å². The Kier molecular flexibility index (Phi) is 6.12. The highest BCUT2D eigenvalue weighted by Gasteiger charge is 2.28. The van der Waals surface area contributed by atoms with Gasteiger partial charge in [0.25, 0.3) is 15.7 Å². The second kappa shape index (κ2) is 8.75. The number of carbonyl (C=O) groups is 1. The highest BCUT2D eigenvalue weighted by molar-refractivity contribution is 7.92. The number of benzene rings is 3. The lowest BCUT2D eigenvalue weighted by Crippen LogP contribution is -2.38. The molecule has 0 aromatic heterocycles. The average Bonchev–Trinajstić information content (AvgIpc) is 2.74. The summed E-state index contributed by atoms with van der Waals surface area (Å²) in [4.78, 5) is 23.1. The molecule has 8 nitrogen and oxygen atoms in total. The van der Waals surface area contributed by atoms with Crippen LogP contribution in [0.1, 0.15) is 5.56 Å². The maximum absolute atomic E-state index is 13.2. The molecule has 3 aromatic rings. The molecule has 0 saturated heterocycles. The van der Waals surface area contributed by atoms with Gasteiger partial charge in [-0.2, -0.15) is 0 Å². The van der Waals surface area contributed by atoms with Crippen LogP contribution in [0.4, 0.5) is 17.1 Å². The van der Waals surface area contributed by atoms with Crippen LogP contribution in [-0.4, -0.2) is 25.8 Å². The number of rotatable bonds is 7. The molecule has 0 heterocycles. The van der Waals surface area contributed by atoms with Gasteiger partial charge in [0, 0.05) is 17.8 Å². The van der Waals surface area contributed by atoms with Crippen LogP contribution in [-0.2, 0) is 14.8 Å². The zero-order valence-corrected chi connectivity index (χ0v) is 16.9. The van der Waals surface area contributed by atoms with Gasteiger partial charge in [-0.25, -0.2) is 8.42 Å². The molecule has 0 aliphatic carbocycles. The van der Waals surface area contributed by atoms with Crippen LogP contribution in [0.2, 0.25) is 0 Å². The number of hydrogen-bond donors (Lipinski definition) is 1. The van der Waals surface area contributed by atoms with Crippen molar-refractivity contribution in [2.24, 2.45) is 0 Å². The van der Waals surface area contributed by atoms with Crippen molar-refractivity contribution in [1.82, 2.24) is 0 Å². The number of amides is 1. The van der Waals surface area contributed by atoms with Gasteiger partial charge in [0.05, 0.1) is 15.5 Å². The van der Waals surface area contributed by atoms with Crippen molar-refractivity contribution in [2.45, 2.75) is 11.8 Å². The van der Waals surface area contributed by atoms with E-state index >= 15 is 0 Å². The van der Waals surface area contributed by atoms with Gasteiger partial charge in [0.2, 0.25) is 5.91 Å². The lowest BCUT2D eigenvalue weighted by Gasteiger charge is -2.24. The van der Waals surface area contributed by atoms with E-state index in [1.807, 2.05) is 19.1 Å². The first-order valence-corrected chi connectivity index (χ1v) is 10.4. The largest absolute Gasteiger partial charge is 0.325 e. The highest BCUT2D eigenvalue weighted by atomic mass is 32.2. The van der Waals surface area contributed by atoms with Crippen molar-refractivity contribution in [2.75, 3.05) is 16.2 Å². The molecule has 154 valence electrons. The molecule has 0 spiro atoms. The van der Waals surface area contributed by atoms with Crippen LogP contribution >= 0.6 is 0 Å². The minimum Gasteiger partial charge on any atom is -0.325 e. The summed E-state index contributed by atoms with van der Waals surface area (Å²) in [5, 5.41) is 13.8. The molecule has 9 heteroatoms. The smallest absolute Gasteiger partial charge is 0.271 e. The third kappa shape index (κ3) is 4.81. The monoisotopic (exact) mass is 425 g/mol. The molecule has 1 N–H and O–H groups in total. The van der Waals surface area contributed by atoms with E-state index in [1.54, 1.807) is 30.3 Å². The van der Waals surface area contributed by atoms with Gasteiger partial charge in [-0.3, -0.25) is 19.2 Å². The van der Waals surface area contributed by atoms with Gasteiger partial charge in [0.1, 0.15) is 6.54 Å². The number of hydrogen-bond acceptors (Lipinski definition) is 5. The molecule has 0 bridgehead atoms. The summed E-state index contributed by atoms with van der Waals surface area (Å²) in [6, 6.07) is 19.8. The quantitative estimate of drug-likeness (QED) is 0.458. The molecule has 0 atom stereocenters. The van der Waals surface area contributed by atoms with Gasteiger partial charge in [-0.15, -0.1) is 0 Å². The number of anilines is 2. The predicted octanol–water partition coefficient (Wildman–Crippen LogP) is 3.74. The van der Waals surface area contributed by atoms with Crippen LogP contribution < -0.4 is 9.62 Å². The summed E-state index contributed by atoms with van der Waals surface area (Å²) >= 11 is 0.